The molecule has 1 spiro atoms. The molecule has 5 rings (SSSR count). The lowest BCUT2D eigenvalue weighted by Crippen LogP contribution is -2.61. The number of ether oxygens (including phenoxy) is 2. The van der Waals surface area contributed by atoms with Gasteiger partial charge < -0.3 is 9.47 Å². The molecule has 6 atom stereocenters. The highest BCUT2D eigenvalue weighted by Gasteiger charge is 2.78. The SMILES string of the molecule is CCS(=O)(=O)N[C@H]1C[C@@]2(C)O[C@@]13CCO[C@H]1[C@@H]3[C@@H]2C(=O)N1c1ccc(C#N)c(Cl)c1C. The minimum atomic E-state index is -3.44. The number of anilines is 1. The molecule has 4 heterocycles. The van der Waals surface area contributed by atoms with Gasteiger partial charge >= 0.3 is 0 Å². The number of carbonyl (C=O) groups is 1. The standard InChI is InChI=1S/C21H24ClN3O5S/c1-4-31(27,28)24-14-9-20(3)15-16-19(29-8-7-21(14,16)30-20)25(18(15)26)13-6-5-12(10-23)17(22)11(13)2/h5-6,14-16,19,24H,4,7-9H2,1-3H3/t14-,15+,16-,19-,20+,21-/m0/s1. The molecule has 1 amide bonds. The highest BCUT2D eigenvalue weighted by Crippen LogP contribution is 2.65. The molecule has 10 heteroatoms. The number of carbonyl (C=O) groups excluding carboxylic acids is 1. The van der Waals surface area contributed by atoms with Gasteiger partial charge in [-0.2, -0.15) is 5.26 Å². The molecule has 4 aliphatic rings. The molecule has 0 aliphatic carbocycles. The molecule has 4 saturated heterocycles. The van der Waals surface area contributed by atoms with Crippen LogP contribution in [0.15, 0.2) is 12.1 Å². The Morgan fingerprint density at radius 3 is 2.84 bits per heavy atom. The maximum absolute atomic E-state index is 13.7. The number of nitrogens with zero attached hydrogens (tertiary/aromatic N) is 2. The van der Waals surface area contributed by atoms with E-state index in [1.165, 1.54) is 0 Å². The van der Waals surface area contributed by atoms with Crippen LogP contribution in [-0.2, 0) is 24.3 Å². The van der Waals surface area contributed by atoms with Crippen LogP contribution < -0.4 is 9.62 Å². The number of benzene rings is 1. The third kappa shape index (κ3) is 2.69. The van der Waals surface area contributed by atoms with E-state index in [0.29, 0.717) is 41.3 Å². The molecular formula is C21H24ClN3O5S. The second-order valence-corrected chi connectivity index (χ2v) is 11.5. The van der Waals surface area contributed by atoms with Gasteiger partial charge in [-0.1, -0.05) is 11.6 Å². The molecular weight excluding hydrogens is 442 g/mol. The van der Waals surface area contributed by atoms with Gasteiger partial charge in [0.2, 0.25) is 15.9 Å². The van der Waals surface area contributed by atoms with E-state index < -0.39 is 39.4 Å². The summed E-state index contributed by atoms with van der Waals surface area (Å²) in [5, 5.41) is 9.58. The van der Waals surface area contributed by atoms with Gasteiger partial charge in [-0.15, -0.1) is 0 Å². The van der Waals surface area contributed by atoms with Gasteiger partial charge in [0.1, 0.15) is 12.3 Å². The minimum Gasteiger partial charge on any atom is -0.366 e. The summed E-state index contributed by atoms with van der Waals surface area (Å²) in [5.74, 6) is -0.861. The number of hydrogen-bond acceptors (Lipinski definition) is 6. The number of fused-ring (bicyclic) bond motifs is 2. The van der Waals surface area contributed by atoms with Gasteiger partial charge in [-0.25, -0.2) is 13.1 Å². The Morgan fingerprint density at radius 1 is 1.42 bits per heavy atom. The topological polar surface area (TPSA) is 109 Å². The fourth-order valence-corrected chi connectivity index (χ4v) is 7.25. The summed E-state index contributed by atoms with van der Waals surface area (Å²) >= 11 is 6.38. The zero-order chi connectivity index (χ0) is 22.3. The van der Waals surface area contributed by atoms with Gasteiger partial charge in [-0.05, 0) is 44.9 Å². The van der Waals surface area contributed by atoms with Crippen molar-refractivity contribution in [3.63, 3.8) is 0 Å². The van der Waals surface area contributed by atoms with E-state index in [1.54, 1.807) is 30.9 Å². The molecule has 4 aliphatic heterocycles. The summed E-state index contributed by atoms with van der Waals surface area (Å²) < 4.78 is 40.2. The number of amides is 1. The second kappa shape index (κ2) is 6.65. The maximum atomic E-state index is 13.7. The average Bonchev–Trinajstić information content (AvgIpc) is 3.28. The van der Waals surface area contributed by atoms with Gasteiger partial charge in [-0.3, -0.25) is 9.69 Å². The molecule has 31 heavy (non-hydrogen) atoms. The molecule has 0 unspecified atom stereocenters. The van der Waals surface area contributed by atoms with E-state index in [0.717, 1.165) is 0 Å². The van der Waals surface area contributed by atoms with Crippen LogP contribution in [0, 0.1) is 30.1 Å². The van der Waals surface area contributed by atoms with Gasteiger partial charge in [0.25, 0.3) is 0 Å². The predicted octanol–water partition coefficient (Wildman–Crippen LogP) is 2.08. The van der Waals surface area contributed by atoms with E-state index in [1.807, 2.05) is 6.92 Å². The van der Waals surface area contributed by atoms with Crippen molar-refractivity contribution in [1.29, 1.82) is 5.26 Å². The maximum Gasteiger partial charge on any atom is 0.235 e. The summed E-state index contributed by atoms with van der Waals surface area (Å²) in [7, 11) is -3.44. The van der Waals surface area contributed by atoms with E-state index in [-0.39, 0.29) is 17.6 Å². The Labute approximate surface area is 186 Å². The zero-order valence-electron chi connectivity index (χ0n) is 17.5. The van der Waals surface area contributed by atoms with Crippen LogP contribution in [0.4, 0.5) is 5.69 Å². The van der Waals surface area contributed by atoms with Gasteiger partial charge in [0.15, 0.2) is 0 Å². The van der Waals surface area contributed by atoms with Crippen LogP contribution in [0.25, 0.3) is 0 Å². The fraction of sp³-hybridized carbons (Fsp3) is 0.619. The number of sulfonamides is 1. The van der Waals surface area contributed by atoms with E-state index in [9.17, 15) is 18.5 Å². The predicted molar refractivity (Wildman–Crippen MR) is 113 cm³/mol. The molecule has 1 N–H and O–H groups in total. The number of rotatable bonds is 4. The fourth-order valence-electron chi connectivity index (χ4n) is 6.16. The highest BCUT2D eigenvalue weighted by atomic mass is 35.5. The molecule has 1 aromatic rings. The monoisotopic (exact) mass is 465 g/mol. The molecule has 0 radical (unpaired) electrons. The third-order valence-electron chi connectivity index (χ3n) is 7.49. The van der Waals surface area contributed by atoms with Crippen molar-refractivity contribution >= 4 is 33.2 Å². The van der Waals surface area contributed by atoms with Crippen molar-refractivity contribution in [2.24, 2.45) is 11.8 Å². The summed E-state index contributed by atoms with van der Waals surface area (Å²) in [6, 6.07) is 4.98. The third-order valence-corrected chi connectivity index (χ3v) is 9.38. The van der Waals surface area contributed by atoms with Crippen molar-refractivity contribution in [3.8, 4) is 6.07 Å². The molecule has 0 saturated carbocycles. The summed E-state index contributed by atoms with van der Waals surface area (Å²) in [6.07, 6.45) is 0.378. The lowest BCUT2D eigenvalue weighted by molar-refractivity contribution is -0.143. The molecule has 8 nitrogen and oxygen atoms in total. The summed E-state index contributed by atoms with van der Waals surface area (Å²) in [4.78, 5) is 15.3. The van der Waals surface area contributed by atoms with Crippen LogP contribution in [0.5, 0.6) is 0 Å². The van der Waals surface area contributed by atoms with Gasteiger partial charge in [0.05, 0.1) is 51.8 Å². The quantitative estimate of drug-likeness (QED) is 0.729. The first-order valence-electron chi connectivity index (χ1n) is 10.4. The van der Waals surface area contributed by atoms with Crippen molar-refractivity contribution in [1.82, 2.24) is 4.72 Å². The van der Waals surface area contributed by atoms with Gasteiger partial charge in [0, 0.05) is 12.3 Å². The molecule has 1 aromatic carbocycles. The lowest BCUT2D eigenvalue weighted by Gasteiger charge is -2.45. The number of hydrogen-bond donors (Lipinski definition) is 1. The molecule has 2 bridgehead atoms. The molecule has 0 aromatic heterocycles. The lowest BCUT2D eigenvalue weighted by atomic mass is 9.64. The average molecular weight is 466 g/mol. The summed E-state index contributed by atoms with van der Waals surface area (Å²) in [5.41, 5.74) is 0.0192. The zero-order valence-corrected chi connectivity index (χ0v) is 19.1. The highest BCUT2D eigenvalue weighted by molar-refractivity contribution is 7.89. The van der Waals surface area contributed by atoms with Crippen molar-refractivity contribution in [2.45, 2.75) is 57.1 Å². The van der Waals surface area contributed by atoms with E-state index >= 15 is 0 Å². The number of nitriles is 1. The number of nitrogens with one attached hydrogen (secondary N) is 1. The van der Waals surface area contributed by atoms with Crippen LogP contribution in [0.2, 0.25) is 5.02 Å². The van der Waals surface area contributed by atoms with Crippen LogP contribution in [-0.4, -0.2) is 50.2 Å². The van der Waals surface area contributed by atoms with Crippen molar-refractivity contribution < 1.29 is 22.7 Å². The van der Waals surface area contributed by atoms with Crippen molar-refractivity contribution in [3.05, 3.63) is 28.3 Å². The van der Waals surface area contributed by atoms with Crippen LogP contribution in [0.1, 0.15) is 37.8 Å². The largest absolute Gasteiger partial charge is 0.366 e. The van der Waals surface area contributed by atoms with E-state index in [4.69, 9.17) is 21.1 Å². The summed E-state index contributed by atoms with van der Waals surface area (Å²) in [6.45, 7) is 5.63. The van der Waals surface area contributed by atoms with Crippen molar-refractivity contribution in [2.75, 3.05) is 17.3 Å². The minimum absolute atomic E-state index is 0.0156. The Balaban J connectivity index is 1.59. The normalized spacial score (nSPS) is 38.4. The Kier molecular flexibility index (Phi) is 4.54. The van der Waals surface area contributed by atoms with Crippen LogP contribution in [0.3, 0.4) is 0 Å². The Hall–Kier alpha value is -1.70. The first kappa shape index (κ1) is 21.2. The molecule has 166 valence electrons. The van der Waals surface area contributed by atoms with Crippen LogP contribution >= 0.6 is 11.6 Å². The smallest absolute Gasteiger partial charge is 0.235 e. The second-order valence-electron chi connectivity index (χ2n) is 9.05. The Morgan fingerprint density at radius 2 is 2.16 bits per heavy atom. The first-order chi connectivity index (χ1) is 14.6. The molecule has 4 fully saturated rings. The number of halogens is 1. The Bertz CT molecular complexity index is 1130. The first-order valence-corrected chi connectivity index (χ1v) is 12.5. The van der Waals surface area contributed by atoms with E-state index in [2.05, 4.69) is 10.8 Å².